The number of carbonyl (C=O) groups is 2. The number of nitrogens with zero attached hydrogens (tertiary/aromatic N) is 3. The first-order chi connectivity index (χ1) is 13.1. The Balaban J connectivity index is 1.77. The quantitative estimate of drug-likeness (QED) is 0.314. The normalized spacial score (nSPS) is 18.0. The standard InChI is InChI=1S/C20H27N3O4/c1-2-3-4-8-15(13-22(26)14-24)20(25)23-12-7-10-17(23)19-21-16-9-5-6-11-18(16)27-19/h5-6,9,11,14-15,17,26H,2-4,7-8,10,12-13H2,1H3/t15-,17-/m0/s1. The van der Waals surface area contributed by atoms with Gasteiger partial charge in [-0.25, -0.2) is 10.0 Å². The molecule has 1 aliphatic rings. The number of aromatic nitrogens is 1. The summed E-state index contributed by atoms with van der Waals surface area (Å²) in [4.78, 5) is 30.4. The largest absolute Gasteiger partial charge is 0.438 e. The van der Waals surface area contributed by atoms with Gasteiger partial charge in [0, 0.05) is 6.54 Å². The van der Waals surface area contributed by atoms with Crippen molar-refractivity contribution >= 4 is 23.4 Å². The first-order valence-corrected chi connectivity index (χ1v) is 9.70. The lowest BCUT2D eigenvalue weighted by molar-refractivity contribution is -0.157. The Morgan fingerprint density at radius 1 is 1.44 bits per heavy atom. The van der Waals surface area contributed by atoms with Gasteiger partial charge in [0.05, 0.1) is 12.5 Å². The average Bonchev–Trinajstić information content (AvgIpc) is 3.32. The number of rotatable bonds is 9. The Bertz CT molecular complexity index is 742. The van der Waals surface area contributed by atoms with E-state index in [2.05, 4.69) is 11.9 Å². The van der Waals surface area contributed by atoms with Crippen molar-refractivity contribution in [1.29, 1.82) is 0 Å². The molecule has 2 heterocycles. The molecule has 0 saturated carbocycles. The molecular weight excluding hydrogens is 346 g/mol. The van der Waals surface area contributed by atoms with Crippen molar-refractivity contribution in [2.24, 2.45) is 5.92 Å². The van der Waals surface area contributed by atoms with Gasteiger partial charge >= 0.3 is 0 Å². The molecule has 27 heavy (non-hydrogen) atoms. The van der Waals surface area contributed by atoms with Crippen LogP contribution in [0.15, 0.2) is 28.7 Å². The van der Waals surface area contributed by atoms with Crippen LogP contribution < -0.4 is 0 Å². The zero-order valence-corrected chi connectivity index (χ0v) is 15.7. The number of fused-ring (bicyclic) bond motifs is 1. The van der Waals surface area contributed by atoms with Crippen LogP contribution in [0.5, 0.6) is 0 Å². The fourth-order valence-electron chi connectivity index (χ4n) is 3.76. The molecule has 1 aromatic heterocycles. The van der Waals surface area contributed by atoms with E-state index < -0.39 is 5.92 Å². The Hall–Kier alpha value is -2.41. The van der Waals surface area contributed by atoms with Crippen LogP contribution in [0.2, 0.25) is 0 Å². The molecule has 2 amide bonds. The molecule has 7 nitrogen and oxygen atoms in total. The van der Waals surface area contributed by atoms with E-state index in [-0.39, 0.29) is 18.5 Å². The zero-order valence-electron chi connectivity index (χ0n) is 15.7. The molecule has 0 spiro atoms. The minimum Gasteiger partial charge on any atom is -0.438 e. The van der Waals surface area contributed by atoms with Gasteiger partial charge in [-0.3, -0.25) is 14.8 Å². The summed E-state index contributed by atoms with van der Waals surface area (Å²) in [5, 5.41) is 10.2. The Morgan fingerprint density at radius 2 is 2.26 bits per heavy atom. The zero-order chi connectivity index (χ0) is 19.2. The van der Waals surface area contributed by atoms with E-state index in [1.54, 1.807) is 4.90 Å². The third-order valence-corrected chi connectivity index (χ3v) is 5.17. The van der Waals surface area contributed by atoms with E-state index in [0.29, 0.717) is 35.9 Å². The molecule has 0 aliphatic carbocycles. The fourth-order valence-corrected chi connectivity index (χ4v) is 3.76. The minimum atomic E-state index is -0.420. The van der Waals surface area contributed by atoms with Crippen molar-refractivity contribution in [3.05, 3.63) is 30.2 Å². The highest BCUT2D eigenvalue weighted by molar-refractivity contribution is 5.80. The highest BCUT2D eigenvalue weighted by Crippen LogP contribution is 2.34. The van der Waals surface area contributed by atoms with Crippen molar-refractivity contribution in [3.63, 3.8) is 0 Å². The van der Waals surface area contributed by atoms with Gasteiger partial charge < -0.3 is 9.32 Å². The maximum absolute atomic E-state index is 13.2. The van der Waals surface area contributed by atoms with E-state index >= 15 is 0 Å². The number of hydroxylamine groups is 2. The number of hydrogen-bond acceptors (Lipinski definition) is 5. The van der Waals surface area contributed by atoms with Gasteiger partial charge in [-0.2, -0.15) is 0 Å². The van der Waals surface area contributed by atoms with Crippen LogP contribution in [-0.4, -0.2) is 45.6 Å². The molecule has 3 rings (SSSR count). The number of benzene rings is 1. The van der Waals surface area contributed by atoms with Crippen molar-refractivity contribution in [1.82, 2.24) is 14.9 Å². The number of likely N-dealkylation sites (tertiary alicyclic amines) is 1. The van der Waals surface area contributed by atoms with E-state index in [0.717, 1.165) is 37.6 Å². The third-order valence-electron chi connectivity index (χ3n) is 5.17. The average molecular weight is 373 g/mol. The maximum atomic E-state index is 13.2. The summed E-state index contributed by atoms with van der Waals surface area (Å²) in [5.41, 5.74) is 1.50. The second kappa shape index (κ2) is 8.99. The highest BCUT2D eigenvalue weighted by Gasteiger charge is 2.37. The molecule has 1 saturated heterocycles. The summed E-state index contributed by atoms with van der Waals surface area (Å²) in [6.07, 6.45) is 5.64. The molecule has 1 aliphatic heterocycles. The van der Waals surface area contributed by atoms with Crippen molar-refractivity contribution in [3.8, 4) is 0 Å². The van der Waals surface area contributed by atoms with Gasteiger partial charge in [-0.1, -0.05) is 38.3 Å². The lowest BCUT2D eigenvalue weighted by Crippen LogP contribution is -2.40. The van der Waals surface area contributed by atoms with Crippen LogP contribution in [0.4, 0.5) is 0 Å². The van der Waals surface area contributed by atoms with Crippen LogP contribution >= 0.6 is 0 Å². The predicted molar refractivity (Wildman–Crippen MR) is 99.9 cm³/mol. The van der Waals surface area contributed by atoms with Gasteiger partial charge in [0.15, 0.2) is 5.58 Å². The predicted octanol–water partition coefficient (Wildman–Crippen LogP) is 3.54. The number of carbonyl (C=O) groups excluding carboxylic acids is 2. The summed E-state index contributed by atoms with van der Waals surface area (Å²) in [6.45, 7) is 2.76. The molecule has 146 valence electrons. The van der Waals surface area contributed by atoms with E-state index in [1.165, 1.54) is 0 Å². The molecule has 7 heteroatoms. The molecule has 0 bridgehead atoms. The lowest BCUT2D eigenvalue weighted by Gasteiger charge is -2.28. The molecular formula is C20H27N3O4. The first-order valence-electron chi connectivity index (χ1n) is 9.70. The Labute approximate surface area is 158 Å². The van der Waals surface area contributed by atoms with Crippen LogP contribution in [0, 0.1) is 5.92 Å². The van der Waals surface area contributed by atoms with Crippen LogP contribution in [0.25, 0.3) is 11.1 Å². The summed E-state index contributed by atoms with van der Waals surface area (Å²) in [6, 6.07) is 7.37. The molecule has 1 fully saturated rings. The number of unbranched alkanes of at least 4 members (excludes halogenated alkanes) is 2. The summed E-state index contributed by atoms with van der Waals surface area (Å²) < 4.78 is 5.89. The number of hydrogen-bond donors (Lipinski definition) is 1. The monoisotopic (exact) mass is 373 g/mol. The van der Waals surface area contributed by atoms with Crippen molar-refractivity contribution in [2.45, 2.75) is 51.5 Å². The summed E-state index contributed by atoms with van der Waals surface area (Å²) >= 11 is 0. The first kappa shape index (κ1) is 19.4. The molecule has 0 unspecified atom stereocenters. The van der Waals surface area contributed by atoms with E-state index in [4.69, 9.17) is 4.42 Å². The summed E-state index contributed by atoms with van der Waals surface area (Å²) in [5.74, 6) is 0.0964. The molecule has 1 N–H and O–H groups in total. The molecule has 0 radical (unpaired) electrons. The van der Waals surface area contributed by atoms with Gasteiger partial charge in [0.25, 0.3) is 0 Å². The SMILES string of the molecule is CCCCC[C@@H](CN(O)C=O)C(=O)N1CCC[C@H]1c1nc2ccccc2o1. The van der Waals surface area contributed by atoms with Crippen molar-refractivity contribution in [2.75, 3.05) is 13.1 Å². The minimum absolute atomic E-state index is 0.0167. The maximum Gasteiger partial charge on any atom is 0.233 e. The summed E-state index contributed by atoms with van der Waals surface area (Å²) in [7, 11) is 0. The third kappa shape index (κ3) is 4.47. The number of oxazole rings is 1. The Kier molecular flexibility index (Phi) is 6.45. The van der Waals surface area contributed by atoms with Gasteiger partial charge in [-0.15, -0.1) is 0 Å². The molecule has 1 aromatic carbocycles. The van der Waals surface area contributed by atoms with E-state index in [1.807, 2.05) is 24.3 Å². The lowest BCUT2D eigenvalue weighted by atomic mass is 9.99. The van der Waals surface area contributed by atoms with Crippen LogP contribution in [0.3, 0.4) is 0 Å². The van der Waals surface area contributed by atoms with Gasteiger partial charge in [-0.05, 0) is 31.4 Å². The fraction of sp³-hybridized carbons (Fsp3) is 0.550. The van der Waals surface area contributed by atoms with Crippen LogP contribution in [0.1, 0.15) is 57.4 Å². The van der Waals surface area contributed by atoms with Crippen LogP contribution in [-0.2, 0) is 9.59 Å². The number of amides is 2. The smallest absolute Gasteiger partial charge is 0.233 e. The van der Waals surface area contributed by atoms with Crippen molar-refractivity contribution < 1.29 is 19.2 Å². The highest BCUT2D eigenvalue weighted by atomic mass is 16.5. The molecule has 2 aromatic rings. The van der Waals surface area contributed by atoms with Gasteiger partial charge in [0.2, 0.25) is 18.2 Å². The topological polar surface area (TPSA) is 86.9 Å². The van der Waals surface area contributed by atoms with E-state index in [9.17, 15) is 14.8 Å². The second-order valence-electron chi connectivity index (χ2n) is 7.13. The van der Waals surface area contributed by atoms with Gasteiger partial charge in [0.1, 0.15) is 11.6 Å². The molecule has 2 atom stereocenters. The Morgan fingerprint density at radius 3 is 3.00 bits per heavy atom. The number of para-hydroxylation sites is 2. The second-order valence-corrected chi connectivity index (χ2v) is 7.13.